The van der Waals surface area contributed by atoms with Gasteiger partial charge in [0.15, 0.2) is 0 Å². The molecule has 1 heterocycles. The molecular weight excluding hydrogens is 213 g/mol. The molecule has 1 saturated heterocycles. The lowest BCUT2D eigenvalue weighted by Gasteiger charge is -2.29. The summed E-state index contributed by atoms with van der Waals surface area (Å²) in [7, 11) is 0. The average Bonchev–Trinajstić information content (AvgIpc) is 2.88. The Morgan fingerprint density at radius 3 is 2.65 bits per heavy atom. The standard InChI is InChI=1S/C15H18FN/c1-10(2)17-9-11-7-12(17)8-14(11)13-5-3-4-6-15(13)16/h3-6,8,10-12H,7,9H2,1-2H3/t11-,12-/m0/s1. The predicted molar refractivity (Wildman–Crippen MR) is 68.1 cm³/mol. The van der Waals surface area contributed by atoms with Crippen LogP contribution in [0.25, 0.3) is 5.57 Å². The summed E-state index contributed by atoms with van der Waals surface area (Å²) in [5, 5.41) is 0. The van der Waals surface area contributed by atoms with Crippen molar-refractivity contribution in [2.75, 3.05) is 6.54 Å². The van der Waals surface area contributed by atoms with Gasteiger partial charge >= 0.3 is 0 Å². The van der Waals surface area contributed by atoms with Crippen LogP contribution in [0.5, 0.6) is 0 Å². The van der Waals surface area contributed by atoms with Gasteiger partial charge in [-0.25, -0.2) is 4.39 Å². The lowest BCUT2D eigenvalue weighted by Crippen LogP contribution is -2.36. The Kier molecular flexibility index (Phi) is 2.55. The monoisotopic (exact) mass is 231 g/mol. The maximum atomic E-state index is 13.8. The lowest BCUT2D eigenvalue weighted by molar-refractivity contribution is 0.227. The molecule has 3 rings (SSSR count). The van der Waals surface area contributed by atoms with Gasteiger partial charge in [-0.15, -0.1) is 0 Å². The molecule has 1 aromatic carbocycles. The van der Waals surface area contributed by atoms with Crippen LogP contribution < -0.4 is 0 Å². The topological polar surface area (TPSA) is 3.24 Å². The van der Waals surface area contributed by atoms with Crippen molar-refractivity contribution in [2.45, 2.75) is 32.4 Å². The fraction of sp³-hybridized carbons (Fsp3) is 0.467. The highest BCUT2D eigenvalue weighted by molar-refractivity contribution is 5.72. The second-order valence-corrected chi connectivity index (χ2v) is 5.39. The van der Waals surface area contributed by atoms with Crippen molar-refractivity contribution in [2.24, 2.45) is 5.92 Å². The quantitative estimate of drug-likeness (QED) is 0.754. The van der Waals surface area contributed by atoms with Gasteiger partial charge in [0, 0.05) is 24.2 Å². The van der Waals surface area contributed by atoms with Gasteiger partial charge in [-0.3, -0.25) is 4.90 Å². The minimum Gasteiger partial charge on any atom is -0.294 e. The summed E-state index contributed by atoms with van der Waals surface area (Å²) in [6.45, 7) is 5.55. The predicted octanol–water partition coefficient (Wildman–Crippen LogP) is 3.32. The summed E-state index contributed by atoms with van der Waals surface area (Å²) in [6, 6.07) is 8.25. The van der Waals surface area contributed by atoms with Crippen LogP contribution in [-0.2, 0) is 0 Å². The molecule has 1 fully saturated rings. The van der Waals surface area contributed by atoms with Crippen molar-refractivity contribution in [3.8, 4) is 0 Å². The van der Waals surface area contributed by atoms with E-state index in [1.54, 1.807) is 12.1 Å². The van der Waals surface area contributed by atoms with Crippen LogP contribution in [0, 0.1) is 11.7 Å². The van der Waals surface area contributed by atoms with Crippen molar-refractivity contribution in [1.82, 2.24) is 4.90 Å². The number of rotatable bonds is 2. The summed E-state index contributed by atoms with van der Waals surface area (Å²) in [5.41, 5.74) is 2.04. The molecule has 0 amide bonds. The van der Waals surface area contributed by atoms with Gasteiger partial charge in [0.25, 0.3) is 0 Å². The third-order valence-corrected chi connectivity index (χ3v) is 4.04. The van der Waals surface area contributed by atoms with E-state index in [2.05, 4.69) is 24.8 Å². The van der Waals surface area contributed by atoms with Gasteiger partial charge in [0.2, 0.25) is 0 Å². The molecule has 17 heavy (non-hydrogen) atoms. The van der Waals surface area contributed by atoms with Crippen LogP contribution in [0.15, 0.2) is 30.3 Å². The van der Waals surface area contributed by atoms with Crippen LogP contribution in [0.4, 0.5) is 4.39 Å². The minimum atomic E-state index is -0.0811. The summed E-state index contributed by atoms with van der Waals surface area (Å²) in [5.74, 6) is 0.446. The molecule has 0 unspecified atom stereocenters. The first kappa shape index (κ1) is 11.0. The van der Waals surface area contributed by atoms with Crippen molar-refractivity contribution in [3.63, 3.8) is 0 Å². The maximum Gasteiger partial charge on any atom is 0.130 e. The molecule has 1 nitrogen and oxygen atoms in total. The van der Waals surface area contributed by atoms with E-state index in [0.29, 0.717) is 18.0 Å². The Morgan fingerprint density at radius 2 is 2.06 bits per heavy atom. The minimum absolute atomic E-state index is 0.0811. The number of fused-ring (bicyclic) bond motifs is 2. The van der Waals surface area contributed by atoms with Gasteiger partial charge in [-0.2, -0.15) is 0 Å². The van der Waals surface area contributed by atoms with Crippen molar-refractivity contribution >= 4 is 5.57 Å². The maximum absolute atomic E-state index is 13.8. The van der Waals surface area contributed by atoms with Crippen molar-refractivity contribution in [1.29, 1.82) is 0 Å². The summed E-state index contributed by atoms with van der Waals surface area (Å²) < 4.78 is 13.8. The van der Waals surface area contributed by atoms with Crippen LogP contribution in [0.3, 0.4) is 0 Å². The molecule has 1 aliphatic heterocycles. The fourth-order valence-corrected chi connectivity index (χ4v) is 3.22. The van der Waals surface area contributed by atoms with Crippen molar-refractivity contribution in [3.05, 3.63) is 41.7 Å². The van der Waals surface area contributed by atoms with Crippen molar-refractivity contribution < 1.29 is 4.39 Å². The van der Waals surface area contributed by atoms with E-state index in [1.807, 2.05) is 12.1 Å². The third-order valence-electron chi connectivity index (χ3n) is 4.04. The first-order chi connectivity index (χ1) is 8.16. The van der Waals surface area contributed by atoms with Gasteiger partial charge in [0.1, 0.15) is 5.82 Å². The first-order valence-electron chi connectivity index (χ1n) is 6.39. The normalized spacial score (nSPS) is 27.9. The van der Waals surface area contributed by atoms with E-state index in [0.717, 1.165) is 12.1 Å². The second-order valence-electron chi connectivity index (χ2n) is 5.39. The van der Waals surface area contributed by atoms with Crippen LogP contribution in [-0.4, -0.2) is 23.5 Å². The molecule has 0 radical (unpaired) electrons. The van der Waals surface area contributed by atoms with Crippen LogP contribution in [0.1, 0.15) is 25.8 Å². The molecular formula is C15H18FN. The van der Waals surface area contributed by atoms with Gasteiger partial charge < -0.3 is 0 Å². The molecule has 1 aromatic rings. The molecule has 2 atom stereocenters. The Morgan fingerprint density at radius 1 is 1.29 bits per heavy atom. The van der Waals surface area contributed by atoms with Gasteiger partial charge in [-0.1, -0.05) is 24.3 Å². The zero-order chi connectivity index (χ0) is 12.0. The summed E-state index contributed by atoms with van der Waals surface area (Å²) in [6.07, 6.45) is 3.44. The van der Waals surface area contributed by atoms with Crippen LogP contribution >= 0.6 is 0 Å². The Balaban J connectivity index is 1.92. The molecule has 2 bridgehead atoms. The Hall–Kier alpha value is -1.15. The molecule has 1 aliphatic carbocycles. The van der Waals surface area contributed by atoms with E-state index < -0.39 is 0 Å². The second kappa shape index (κ2) is 3.95. The largest absolute Gasteiger partial charge is 0.294 e. The zero-order valence-corrected chi connectivity index (χ0v) is 10.4. The van der Waals surface area contributed by atoms with E-state index >= 15 is 0 Å². The number of hydrogen-bond donors (Lipinski definition) is 0. The summed E-state index contributed by atoms with van der Waals surface area (Å²) >= 11 is 0. The SMILES string of the molecule is CC(C)N1C[C@@H]2C[C@H]1C=C2c1ccccc1F. The average molecular weight is 231 g/mol. The number of hydrogen-bond acceptors (Lipinski definition) is 1. The molecule has 90 valence electrons. The van der Waals surface area contributed by atoms with E-state index in [4.69, 9.17) is 0 Å². The lowest BCUT2D eigenvalue weighted by atomic mass is 9.95. The number of benzene rings is 1. The van der Waals surface area contributed by atoms with Gasteiger partial charge in [-0.05, 0) is 37.8 Å². The fourth-order valence-electron chi connectivity index (χ4n) is 3.22. The molecule has 0 spiro atoms. The van der Waals surface area contributed by atoms with Gasteiger partial charge in [0.05, 0.1) is 0 Å². The molecule has 0 aromatic heterocycles. The Bertz CT molecular complexity index is 464. The van der Waals surface area contributed by atoms with Crippen LogP contribution in [0.2, 0.25) is 0 Å². The highest BCUT2D eigenvalue weighted by atomic mass is 19.1. The zero-order valence-electron chi connectivity index (χ0n) is 10.4. The first-order valence-corrected chi connectivity index (χ1v) is 6.39. The molecule has 0 N–H and O–H groups in total. The smallest absolute Gasteiger partial charge is 0.130 e. The number of likely N-dealkylation sites (tertiary alicyclic amines) is 1. The molecule has 0 saturated carbocycles. The molecule has 2 aliphatic rings. The number of nitrogens with zero attached hydrogens (tertiary/aromatic N) is 1. The molecule has 2 heteroatoms. The number of halogens is 1. The highest BCUT2D eigenvalue weighted by Crippen LogP contribution is 2.43. The highest BCUT2D eigenvalue weighted by Gasteiger charge is 2.40. The van der Waals surface area contributed by atoms with E-state index in [-0.39, 0.29) is 5.82 Å². The third kappa shape index (κ3) is 1.71. The Labute approximate surface area is 102 Å². The van der Waals surface area contributed by atoms with E-state index in [1.165, 1.54) is 12.0 Å². The summed E-state index contributed by atoms with van der Waals surface area (Å²) in [4.78, 5) is 2.51. The van der Waals surface area contributed by atoms with E-state index in [9.17, 15) is 4.39 Å².